The molecule has 0 radical (unpaired) electrons. The Morgan fingerprint density at radius 2 is 2.11 bits per heavy atom. The third-order valence-corrected chi connectivity index (χ3v) is 3.13. The van der Waals surface area contributed by atoms with Crippen molar-refractivity contribution in [3.05, 3.63) is 28.8 Å². The number of amides is 1. The van der Waals surface area contributed by atoms with Gasteiger partial charge in [-0.1, -0.05) is 6.07 Å². The van der Waals surface area contributed by atoms with Crippen LogP contribution in [0.1, 0.15) is 21.5 Å². The maximum atomic E-state index is 12.3. The van der Waals surface area contributed by atoms with Crippen LogP contribution in [0.5, 0.6) is 5.75 Å². The Hall–Kier alpha value is -2.04. The van der Waals surface area contributed by atoms with E-state index in [1.54, 1.807) is 6.07 Å². The average Bonchev–Trinajstić information content (AvgIpc) is 2.37. The standard InChI is InChI=1S/C13H15NO4/c1-7-4-8(2)11-10(5-7)18-6-9(13(16)17)14(3)12(11)15/h4-5,9H,6H2,1-3H3,(H,16,17). The highest BCUT2D eigenvalue weighted by atomic mass is 16.5. The summed E-state index contributed by atoms with van der Waals surface area (Å²) >= 11 is 0. The summed E-state index contributed by atoms with van der Waals surface area (Å²) in [5.41, 5.74) is 2.23. The van der Waals surface area contributed by atoms with E-state index >= 15 is 0 Å². The number of carbonyl (C=O) groups excluding carboxylic acids is 1. The highest BCUT2D eigenvalue weighted by Gasteiger charge is 2.33. The van der Waals surface area contributed by atoms with Crippen molar-refractivity contribution in [2.45, 2.75) is 19.9 Å². The summed E-state index contributed by atoms with van der Waals surface area (Å²) in [7, 11) is 1.48. The van der Waals surface area contributed by atoms with Crippen LogP contribution in [0, 0.1) is 13.8 Å². The van der Waals surface area contributed by atoms with Gasteiger partial charge < -0.3 is 14.7 Å². The zero-order valence-corrected chi connectivity index (χ0v) is 10.6. The average molecular weight is 249 g/mol. The number of hydrogen-bond acceptors (Lipinski definition) is 3. The molecule has 2 rings (SSSR count). The summed E-state index contributed by atoms with van der Waals surface area (Å²) in [5, 5.41) is 9.08. The maximum Gasteiger partial charge on any atom is 0.330 e. The zero-order chi connectivity index (χ0) is 13.4. The number of hydrogen-bond donors (Lipinski definition) is 1. The molecule has 1 N–H and O–H groups in total. The number of nitrogens with zero attached hydrogens (tertiary/aromatic N) is 1. The van der Waals surface area contributed by atoms with Crippen LogP contribution in [0.15, 0.2) is 12.1 Å². The van der Waals surface area contributed by atoms with E-state index in [1.165, 1.54) is 11.9 Å². The number of carboxylic acid groups (broad SMARTS) is 1. The Labute approximate surface area is 105 Å². The summed E-state index contributed by atoms with van der Waals surface area (Å²) in [5.74, 6) is -0.909. The third-order valence-electron chi connectivity index (χ3n) is 3.13. The molecular weight excluding hydrogens is 234 g/mol. The van der Waals surface area contributed by atoms with Crippen LogP contribution in [0.4, 0.5) is 0 Å². The van der Waals surface area contributed by atoms with Gasteiger partial charge in [0.25, 0.3) is 5.91 Å². The Balaban J connectivity index is 2.52. The van der Waals surface area contributed by atoms with E-state index in [9.17, 15) is 9.59 Å². The van der Waals surface area contributed by atoms with Gasteiger partial charge in [0.1, 0.15) is 12.4 Å². The summed E-state index contributed by atoms with van der Waals surface area (Å²) < 4.78 is 5.48. The molecule has 1 aliphatic heterocycles. The molecule has 0 aromatic heterocycles. The van der Waals surface area contributed by atoms with Gasteiger partial charge in [0.15, 0.2) is 6.04 Å². The molecule has 18 heavy (non-hydrogen) atoms. The van der Waals surface area contributed by atoms with Crippen molar-refractivity contribution in [3.63, 3.8) is 0 Å². The maximum absolute atomic E-state index is 12.3. The number of carboxylic acids is 1. The van der Waals surface area contributed by atoms with Crippen molar-refractivity contribution < 1.29 is 19.4 Å². The molecule has 1 unspecified atom stereocenters. The molecule has 0 bridgehead atoms. The molecule has 1 aliphatic rings. The third kappa shape index (κ3) is 1.92. The number of likely N-dealkylation sites (N-methyl/N-ethyl adjacent to an activating group) is 1. The van der Waals surface area contributed by atoms with Crippen molar-refractivity contribution >= 4 is 11.9 Å². The van der Waals surface area contributed by atoms with Gasteiger partial charge in [-0.05, 0) is 31.0 Å². The molecule has 0 saturated heterocycles. The van der Waals surface area contributed by atoms with E-state index < -0.39 is 12.0 Å². The minimum absolute atomic E-state index is 0.0343. The van der Waals surface area contributed by atoms with Crippen LogP contribution in [-0.4, -0.2) is 41.6 Å². The first-order valence-electron chi connectivity index (χ1n) is 5.66. The van der Waals surface area contributed by atoms with Gasteiger partial charge in [-0.2, -0.15) is 0 Å². The second kappa shape index (κ2) is 4.33. The Morgan fingerprint density at radius 3 is 2.72 bits per heavy atom. The van der Waals surface area contributed by atoms with Gasteiger partial charge in [0.05, 0.1) is 5.56 Å². The number of rotatable bonds is 1. The number of benzene rings is 1. The van der Waals surface area contributed by atoms with Gasteiger partial charge in [-0.15, -0.1) is 0 Å². The molecule has 1 aromatic carbocycles. The molecule has 1 aromatic rings. The fraction of sp³-hybridized carbons (Fsp3) is 0.385. The van der Waals surface area contributed by atoms with Gasteiger partial charge in [-0.25, -0.2) is 4.79 Å². The lowest BCUT2D eigenvalue weighted by Crippen LogP contribution is -2.44. The van der Waals surface area contributed by atoms with Gasteiger partial charge in [0, 0.05) is 7.05 Å². The number of ether oxygens (including phenoxy) is 1. The number of aryl methyl sites for hydroxylation is 2. The molecule has 0 aliphatic carbocycles. The molecule has 0 fully saturated rings. The van der Waals surface area contributed by atoms with E-state index in [0.29, 0.717) is 11.3 Å². The SMILES string of the molecule is Cc1cc(C)c2c(c1)OCC(C(=O)O)N(C)C2=O. The second-order valence-electron chi connectivity index (χ2n) is 4.54. The smallest absolute Gasteiger partial charge is 0.330 e. The Bertz CT molecular complexity index is 524. The van der Waals surface area contributed by atoms with Crippen LogP contribution in [0.3, 0.4) is 0 Å². The fourth-order valence-electron chi connectivity index (χ4n) is 2.15. The van der Waals surface area contributed by atoms with Crippen LogP contribution < -0.4 is 4.74 Å². The van der Waals surface area contributed by atoms with Crippen molar-refractivity contribution in [3.8, 4) is 5.75 Å². The van der Waals surface area contributed by atoms with E-state index in [4.69, 9.17) is 9.84 Å². The first kappa shape index (κ1) is 12.4. The minimum Gasteiger partial charge on any atom is -0.490 e. The number of fused-ring (bicyclic) bond motifs is 1. The van der Waals surface area contributed by atoms with Gasteiger partial charge in [-0.3, -0.25) is 4.79 Å². The summed E-state index contributed by atoms with van der Waals surface area (Å²) in [4.78, 5) is 24.6. The summed E-state index contributed by atoms with van der Waals surface area (Å²) in [6.45, 7) is 3.69. The predicted molar refractivity (Wildman–Crippen MR) is 64.9 cm³/mol. The van der Waals surface area contributed by atoms with Crippen molar-refractivity contribution in [1.29, 1.82) is 0 Å². The fourth-order valence-corrected chi connectivity index (χ4v) is 2.15. The summed E-state index contributed by atoms with van der Waals surface area (Å²) in [6.07, 6.45) is 0. The molecule has 1 amide bonds. The van der Waals surface area contributed by atoms with Crippen molar-refractivity contribution in [1.82, 2.24) is 4.90 Å². The Kier molecular flexibility index (Phi) is 2.98. The monoisotopic (exact) mass is 249 g/mol. The van der Waals surface area contributed by atoms with E-state index in [1.807, 2.05) is 19.9 Å². The van der Waals surface area contributed by atoms with E-state index in [-0.39, 0.29) is 12.5 Å². The van der Waals surface area contributed by atoms with E-state index in [2.05, 4.69) is 0 Å². The van der Waals surface area contributed by atoms with Crippen molar-refractivity contribution in [2.24, 2.45) is 0 Å². The first-order valence-corrected chi connectivity index (χ1v) is 5.66. The Morgan fingerprint density at radius 1 is 1.44 bits per heavy atom. The highest BCUT2D eigenvalue weighted by Crippen LogP contribution is 2.28. The zero-order valence-electron chi connectivity index (χ0n) is 10.6. The second-order valence-corrected chi connectivity index (χ2v) is 4.54. The predicted octanol–water partition coefficient (Wildman–Crippen LogP) is 1.22. The lowest BCUT2D eigenvalue weighted by Gasteiger charge is -2.21. The van der Waals surface area contributed by atoms with Gasteiger partial charge in [0.2, 0.25) is 0 Å². The molecule has 1 heterocycles. The van der Waals surface area contributed by atoms with Crippen molar-refractivity contribution in [2.75, 3.05) is 13.7 Å². The topological polar surface area (TPSA) is 66.8 Å². The van der Waals surface area contributed by atoms with Crippen LogP contribution in [-0.2, 0) is 4.79 Å². The largest absolute Gasteiger partial charge is 0.490 e. The number of carbonyl (C=O) groups is 2. The summed E-state index contributed by atoms with van der Waals surface area (Å²) in [6, 6.07) is 2.69. The van der Waals surface area contributed by atoms with Crippen LogP contribution in [0.2, 0.25) is 0 Å². The van der Waals surface area contributed by atoms with E-state index in [0.717, 1.165) is 11.1 Å². The van der Waals surface area contributed by atoms with Gasteiger partial charge >= 0.3 is 5.97 Å². The quantitative estimate of drug-likeness (QED) is 0.812. The minimum atomic E-state index is -1.06. The number of aliphatic carboxylic acids is 1. The first-order chi connectivity index (χ1) is 8.41. The molecular formula is C13H15NO4. The van der Waals surface area contributed by atoms with Crippen LogP contribution >= 0.6 is 0 Å². The molecule has 0 spiro atoms. The normalized spacial score (nSPS) is 18.9. The van der Waals surface area contributed by atoms with Crippen LogP contribution in [0.25, 0.3) is 0 Å². The molecule has 5 heteroatoms. The lowest BCUT2D eigenvalue weighted by atomic mass is 10.0. The highest BCUT2D eigenvalue weighted by molar-refractivity contribution is 6.00. The lowest BCUT2D eigenvalue weighted by molar-refractivity contribution is -0.142. The molecule has 96 valence electrons. The molecule has 5 nitrogen and oxygen atoms in total. The molecule has 1 atom stereocenters. The molecule has 0 saturated carbocycles.